The van der Waals surface area contributed by atoms with E-state index >= 15 is 0 Å². The molecular formula is C30H48O5. The second-order valence-corrected chi connectivity index (χ2v) is 13.7. The van der Waals surface area contributed by atoms with Crippen LogP contribution in [0.5, 0.6) is 0 Å². The van der Waals surface area contributed by atoms with Crippen LogP contribution in [0.25, 0.3) is 0 Å². The number of hydrogen-bond acceptors (Lipinski definition) is 4. The number of aldehydes is 1. The number of aliphatic hydroxyl groups excluding tert-OH is 1. The number of aliphatic hydroxyl groups is 2. The highest BCUT2D eigenvalue weighted by Crippen LogP contribution is 2.87. The summed E-state index contributed by atoms with van der Waals surface area (Å²) < 4.78 is 0. The van der Waals surface area contributed by atoms with E-state index in [0.29, 0.717) is 24.2 Å². The number of rotatable bonds is 10. The van der Waals surface area contributed by atoms with E-state index in [1.54, 1.807) is 6.92 Å². The average Bonchev–Trinajstić information content (AvgIpc) is 3.40. The minimum absolute atomic E-state index is 0.0347. The summed E-state index contributed by atoms with van der Waals surface area (Å²) in [5.74, 6) is 1.04. The molecule has 5 nitrogen and oxygen atoms in total. The molecule has 4 rings (SSSR count). The van der Waals surface area contributed by atoms with Gasteiger partial charge in [-0.1, -0.05) is 26.8 Å². The summed E-state index contributed by atoms with van der Waals surface area (Å²) in [7, 11) is 0. The second kappa shape index (κ2) is 8.97. The van der Waals surface area contributed by atoms with Crippen LogP contribution in [0, 0.1) is 45.3 Å². The average molecular weight is 489 g/mol. The minimum atomic E-state index is -1.16. The number of fused-ring (bicyclic) bond motifs is 2. The fourth-order valence-corrected chi connectivity index (χ4v) is 10.4. The summed E-state index contributed by atoms with van der Waals surface area (Å²) >= 11 is 0. The van der Waals surface area contributed by atoms with Crippen molar-refractivity contribution in [3.05, 3.63) is 11.6 Å². The Morgan fingerprint density at radius 2 is 1.86 bits per heavy atom. The molecule has 4 saturated carbocycles. The number of carboxylic acid groups (broad SMARTS) is 1. The Morgan fingerprint density at radius 1 is 1.14 bits per heavy atom. The number of carbonyl (C=O) groups is 2. The third kappa shape index (κ3) is 3.86. The van der Waals surface area contributed by atoms with Gasteiger partial charge in [0.1, 0.15) is 6.29 Å². The number of carbonyl (C=O) groups excluding carboxylic acids is 1. The van der Waals surface area contributed by atoms with Gasteiger partial charge in [0.25, 0.3) is 0 Å². The lowest BCUT2D eigenvalue weighted by Gasteiger charge is -2.61. The normalized spacial score (nSPS) is 45.0. The van der Waals surface area contributed by atoms with Gasteiger partial charge in [-0.2, -0.15) is 0 Å². The Bertz CT molecular complexity index is 878. The van der Waals surface area contributed by atoms with Crippen molar-refractivity contribution in [1.29, 1.82) is 0 Å². The van der Waals surface area contributed by atoms with Crippen LogP contribution in [0.4, 0.5) is 0 Å². The third-order valence-corrected chi connectivity index (χ3v) is 12.3. The van der Waals surface area contributed by atoms with Gasteiger partial charge in [0.05, 0.1) is 12.2 Å². The standard InChI is InChI=1S/C30H48O5/c1-20(17-31)7-6-8-21(2)22-11-13-27(4)23-9-10-24(28(5,35)19-32)29(14-12-25(33)34)18-30(23,29)16-15-26(22,27)3/h7,17,21-24,32,35H,6,8-16,18-19H2,1-5H3,(H,33,34)/b20-7+/t21-,22-,23+,24+,26-,27+,28?,29-,30+/m1/s1. The molecule has 5 heteroatoms. The Kier molecular flexibility index (Phi) is 6.88. The summed E-state index contributed by atoms with van der Waals surface area (Å²) in [5, 5.41) is 30.8. The fourth-order valence-electron chi connectivity index (χ4n) is 10.4. The van der Waals surface area contributed by atoms with Crippen LogP contribution >= 0.6 is 0 Å². The fraction of sp³-hybridized carbons (Fsp3) is 0.867. The Labute approximate surface area is 211 Å². The van der Waals surface area contributed by atoms with Crippen molar-refractivity contribution in [2.45, 2.75) is 111 Å². The summed E-state index contributed by atoms with van der Waals surface area (Å²) in [6.45, 7) is 10.8. The van der Waals surface area contributed by atoms with E-state index in [-0.39, 0.29) is 40.6 Å². The lowest BCUT2D eigenvalue weighted by Crippen LogP contribution is -2.57. The summed E-state index contributed by atoms with van der Waals surface area (Å²) in [6, 6.07) is 0. The van der Waals surface area contributed by atoms with Crippen molar-refractivity contribution >= 4 is 12.3 Å². The molecule has 0 aromatic carbocycles. The van der Waals surface area contributed by atoms with Crippen molar-refractivity contribution in [3.8, 4) is 0 Å². The predicted octanol–water partition coefficient (Wildman–Crippen LogP) is 5.78. The van der Waals surface area contributed by atoms with E-state index in [1.807, 2.05) is 6.92 Å². The molecule has 1 spiro atoms. The summed E-state index contributed by atoms with van der Waals surface area (Å²) in [5.41, 5.74) is 0.0983. The highest BCUT2D eigenvalue weighted by molar-refractivity contribution is 5.71. The van der Waals surface area contributed by atoms with Crippen LogP contribution in [0.1, 0.15) is 105 Å². The largest absolute Gasteiger partial charge is 0.481 e. The molecular weight excluding hydrogens is 440 g/mol. The highest BCUT2D eigenvalue weighted by Gasteiger charge is 2.81. The summed E-state index contributed by atoms with van der Waals surface area (Å²) in [6.07, 6.45) is 13.6. The summed E-state index contributed by atoms with van der Waals surface area (Å²) in [4.78, 5) is 22.6. The first-order valence-electron chi connectivity index (χ1n) is 14.0. The maximum atomic E-state index is 11.6. The monoisotopic (exact) mass is 488 g/mol. The molecule has 35 heavy (non-hydrogen) atoms. The zero-order chi connectivity index (χ0) is 25.9. The molecule has 9 atom stereocenters. The quantitative estimate of drug-likeness (QED) is 0.268. The molecule has 4 fully saturated rings. The van der Waals surface area contributed by atoms with Gasteiger partial charge in [-0.25, -0.2) is 0 Å². The molecule has 4 aliphatic carbocycles. The lowest BCUT2D eigenvalue weighted by atomic mass is 9.43. The van der Waals surface area contributed by atoms with Crippen molar-refractivity contribution in [2.24, 2.45) is 45.3 Å². The maximum Gasteiger partial charge on any atom is 0.303 e. The maximum absolute atomic E-state index is 11.6. The molecule has 0 aromatic rings. The van der Waals surface area contributed by atoms with Crippen molar-refractivity contribution in [2.75, 3.05) is 6.61 Å². The van der Waals surface area contributed by atoms with Gasteiger partial charge in [-0.3, -0.25) is 9.59 Å². The van der Waals surface area contributed by atoms with Crippen LogP contribution in [0.3, 0.4) is 0 Å². The molecule has 0 heterocycles. The smallest absolute Gasteiger partial charge is 0.303 e. The molecule has 0 radical (unpaired) electrons. The van der Waals surface area contributed by atoms with Crippen LogP contribution in [0.2, 0.25) is 0 Å². The number of carboxylic acids is 1. The van der Waals surface area contributed by atoms with E-state index in [2.05, 4.69) is 26.8 Å². The van der Waals surface area contributed by atoms with E-state index in [1.165, 1.54) is 19.3 Å². The Hall–Kier alpha value is -1.20. The molecule has 4 aliphatic rings. The minimum Gasteiger partial charge on any atom is -0.481 e. The van der Waals surface area contributed by atoms with E-state index in [0.717, 1.165) is 50.4 Å². The molecule has 1 unspecified atom stereocenters. The van der Waals surface area contributed by atoms with Gasteiger partial charge in [0.2, 0.25) is 0 Å². The van der Waals surface area contributed by atoms with Crippen molar-refractivity contribution in [1.82, 2.24) is 0 Å². The Morgan fingerprint density at radius 3 is 2.49 bits per heavy atom. The Balaban J connectivity index is 1.60. The van der Waals surface area contributed by atoms with Gasteiger partial charge in [0.15, 0.2) is 0 Å². The first-order chi connectivity index (χ1) is 16.3. The first kappa shape index (κ1) is 26.9. The highest BCUT2D eigenvalue weighted by atomic mass is 16.4. The van der Waals surface area contributed by atoms with Crippen LogP contribution in [-0.2, 0) is 9.59 Å². The number of aliphatic carboxylic acids is 1. The van der Waals surface area contributed by atoms with Crippen molar-refractivity contribution in [3.63, 3.8) is 0 Å². The zero-order valence-corrected chi connectivity index (χ0v) is 22.6. The third-order valence-electron chi connectivity index (χ3n) is 12.3. The number of hydrogen-bond donors (Lipinski definition) is 3. The molecule has 0 saturated heterocycles. The van der Waals surface area contributed by atoms with Gasteiger partial charge in [0, 0.05) is 6.42 Å². The van der Waals surface area contributed by atoms with Gasteiger partial charge >= 0.3 is 5.97 Å². The topological polar surface area (TPSA) is 94.8 Å². The van der Waals surface area contributed by atoms with E-state index in [4.69, 9.17) is 0 Å². The molecule has 0 aliphatic heterocycles. The predicted molar refractivity (Wildman–Crippen MR) is 137 cm³/mol. The SMILES string of the molecule is C/C(C=O)=C\CC[C@@H](C)[C@H]1CC[C@@]2(C)[C@@H]3CC[C@@H](C(C)(O)CO)[C@@]4(CCC(=O)O)C[C@@]34CC[C@]12C. The van der Waals surface area contributed by atoms with E-state index in [9.17, 15) is 24.9 Å². The molecule has 0 amide bonds. The van der Waals surface area contributed by atoms with Crippen LogP contribution in [0.15, 0.2) is 11.6 Å². The van der Waals surface area contributed by atoms with Gasteiger partial charge in [-0.05, 0) is 129 Å². The van der Waals surface area contributed by atoms with Gasteiger partial charge < -0.3 is 15.3 Å². The molecule has 0 aromatic heterocycles. The second-order valence-electron chi connectivity index (χ2n) is 13.7. The zero-order valence-electron chi connectivity index (χ0n) is 22.6. The van der Waals surface area contributed by atoms with E-state index < -0.39 is 11.6 Å². The molecule has 198 valence electrons. The van der Waals surface area contributed by atoms with Gasteiger partial charge in [-0.15, -0.1) is 0 Å². The first-order valence-corrected chi connectivity index (χ1v) is 14.0. The molecule has 3 N–H and O–H groups in total. The van der Waals surface area contributed by atoms with Crippen LogP contribution in [-0.4, -0.2) is 39.8 Å². The van der Waals surface area contributed by atoms with Crippen molar-refractivity contribution < 1.29 is 24.9 Å². The molecule has 0 bridgehead atoms. The number of allylic oxidation sites excluding steroid dienone is 2. The lowest BCUT2D eigenvalue weighted by molar-refractivity contribution is -0.159. The van der Waals surface area contributed by atoms with Crippen LogP contribution < -0.4 is 0 Å².